The Morgan fingerprint density at radius 1 is 0.714 bits per heavy atom. The summed E-state index contributed by atoms with van der Waals surface area (Å²) in [5.74, 6) is -0.818. The van der Waals surface area contributed by atoms with E-state index in [4.69, 9.17) is 11.6 Å². The maximum Gasteiger partial charge on any atom is 0.243 e. The van der Waals surface area contributed by atoms with Gasteiger partial charge in [0.15, 0.2) is 0 Å². The molecule has 0 aliphatic heterocycles. The summed E-state index contributed by atoms with van der Waals surface area (Å²) in [6, 6.07) is 34.2. The second-order valence-corrected chi connectivity index (χ2v) is 12.5. The second-order valence-electron chi connectivity index (χ2n) is 10.1. The summed E-state index contributed by atoms with van der Waals surface area (Å²) < 4.78 is 26.7. The van der Waals surface area contributed by atoms with Gasteiger partial charge in [0.25, 0.3) is 0 Å². The normalized spacial score (nSPS) is 12.1. The zero-order chi connectivity index (χ0) is 30.0. The molecule has 0 unspecified atom stereocenters. The number of sulfonamides is 1. The number of hydrogen-bond donors (Lipinski definition) is 1. The molecule has 0 aromatic heterocycles. The third-order valence-corrected chi connectivity index (χ3v) is 8.28. The van der Waals surface area contributed by atoms with Gasteiger partial charge in [-0.05, 0) is 34.4 Å². The molecule has 0 bridgehead atoms. The van der Waals surface area contributed by atoms with Gasteiger partial charge in [-0.25, -0.2) is 8.42 Å². The molecule has 4 aromatic carbocycles. The maximum absolute atomic E-state index is 14.1. The highest BCUT2D eigenvalue weighted by Crippen LogP contribution is 2.18. The van der Waals surface area contributed by atoms with Crippen molar-refractivity contribution in [1.82, 2.24) is 14.5 Å². The first kappa shape index (κ1) is 31.0. The molecular weight excluding hydrogens is 570 g/mol. The standard InChI is InChI=1S/C33H34ClN3O4S/c1-42(40,41)36(23-28-15-9-4-10-16-28)25-32(38)37(24-29-17-19-30(34)20-18-29)31(21-26-11-5-2-6-12-26)33(39)35-22-27-13-7-3-8-14-27/h2-20,31H,21-25H2,1H3,(H,35,39)/t31-/m0/s1. The van der Waals surface area contributed by atoms with Crippen molar-refractivity contribution in [2.45, 2.75) is 32.1 Å². The monoisotopic (exact) mass is 603 g/mol. The average Bonchev–Trinajstić information content (AvgIpc) is 2.99. The predicted octanol–water partition coefficient (Wildman–Crippen LogP) is 5.06. The zero-order valence-electron chi connectivity index (χ0n) is 23.4. The quantitative estimate of drug-likeness (QED) is 0.231. The van der Waals surface area contributed by atoms with Crippen molar-refractivity contribution in [3.63, 3.8) is 0 Å². The molecule has 7 nitrogen and oxygen atoms in total. The van der Waals surface area contributed by atoms with Crippen LogP contribution in [0.5, 0.6) is 0 Å². The minimum Gasteiger partial charge on any atom is -0.350 e. The van der Waals surface area contributed by atoms with Gasteiger partial charge in [0.05, 0.1) is 12.8 Å². The largest absolute Gasteiger partial charge is 0.350 e. The lowest BCUT2D eigenvalue weighted by Crippen LogP contribution is -2.53. The number of benzene rings is 4. The van der Waals surface area contributed by atoms with E-state index in [1.165, 1.54) is 4.90 Å². The molecule has 0 saturated heterocycles. The molecule has 42 heavy (non-hydrogen) atoms. The lowest BCUT2D eigenvalue weighted by Gasteiger charge is -2.33. The molecule has 218 valence electrons. The number of carbonyl (C=O) groups is 2. The molecular formula is C33H34ClN3O4S. The van der Waals surface area contributed by atoms with Crippen LogP contribution in [0.4, 0.5) is 0 Å². The van der Waals surface area contributed by atoms with Crippen LogP contribution in [-0.4, -0.2) is 48.3 Å². The van der Waals surface area contributed by atoms with Gasteiger partial charge < -0.3 is 10.2 Å². The number of nitrogens with zero attached hydrogens (tertiary/aromatic N) is 2. The second kappa shape index (κ2) is 14.8. The number of nitrogens with one attached hydrogen (secondary N) is 1. The summed E-state index contributed by atoms with van der Waals surface area (Å²) >= 11 is 6.11. The molecule has 0 spiro atoms. The smallest absolute Gasteiger partial charge is 0.243 e. The highest BCUT2D eigenvalue weighted by molar-refractivity contribution is 7.88. The molecule has 1 N–H and O–H groups in total. The Balaban J connectivity index is 1.67. The first-order valence-electron chi connectivity index (χ1n) is 13.6. The summed E-state index contributed by atoms with van der Waals surface area (Å²) in [6.07, 6.45) is 1.33. The first-order valence-corrected chi connectivity index (χ1v) is 15.8. The van der Waals surface area contributed by atoms with E-state index in [1.807, 2.05) is 91.0 Å². The Hall–Kier alpha value is -3.98. The van der Waals surface area contributed by atoms with Crippen LogP contribution in [-0.2, 0) is 45.7 Å². The van der Waals surface area contributed by atoms with Gasteiger partial charge in [-0.15, -0.1) is 0 Å². The predicted molar refractivity (Wildman–Crippen MR) is 166 cm³/mol. The first-order chi connectivity index (χ1) is 20.2. The molecule has 0 radical (unpaired) electrons. The molecule has 0 saturated carbocycles. The summed E-state index contributed by atoms with van der Waals surface area (Å²) in [6.45, 7) is -0.00503. The third kappa shape index (κ3) is 9.27. The Labute approximate surface area is 252 Å². The fourth-order valence-electron chi connectivity index (χ4n) is 4.56. The van der Waals surface area contributed by atoms with E-state index in [0.717, 1.165) is 32.8 Å². The molecule has 0 fully saturated rings. The molecule has 4 aromatic rings. The van der Waals surface area contributed by atoms with Gasteiger partial charge in [-0.1, -0.05) is 115 Å². The lowest BCUT2D eigenvalue weighted by atomic mass is 10.0. The van der Waals surface area contributed by atoms with Crippen molar-refractivity contribution < 1.29 is 18.0 Å². The van der Waals surface area contributed by atoms with Crippen LogP contribution in [0.15, 0.2) is 115 Å². The van der Waals surface area contributed by atoms with Crippen LogP contribution < -0.4 is 5.32 Å². The minimum atomic E-state index is -3.75. The van der Waals surface area contributed by atoms with Crippen molar-refractivity contribution in [3.05, 3.63) is 143 Å². The maximum atomic E-state index is 14.1. The summed E-state index contributed by atoms with van der Waals surface area (Å²) in [4.78, 5) is 29.4. The summed E-state index contributed by atoms with van der Waals surface area (Å²) in [7, 11) is -3.75. The van der Waals surface area contributed by atoms with Gasteiger partial charge in [-0.3, -0.25) is 9.59 Å². The number of hydrogen-bond acceptors (Lipinski definition) is 4. The van der Waals surface area contributed by atoms with Crippen molar-refractivity contribution in [3.8, 4) is 0 Å². The van der Waals surface area contributed by atoms with Crippen molar-refractivity contribution >= 4 is 33.4 Å². The van der Waals surface area contributed by atoms with Gasteiger partial charge in [0.1, 0.15) is 6.04 Å². The topological polar surface area (TPSA) is 86.8 Å². The minimum absolute atomic E-state index is 0.0315. The number of carbonyl (C=O) groups excluding carboxylic acids is 2. The van der Waals surface area contributed by atoms with E-state index in [1.54, 1.807) is 24.3 Å². The highest BCUT2D eigenvalue weighted by atomic mass is 35.5. The molecule has 4 rings (SSSR count). The Bertz CT molecular complexity index is 1550. The van der Waals surface area contributed by atoms with Crippen molar-refractivity contribution in [2.75, 3.05) is 12.8 Å². The van der Waals surface area contributed by atoms with Crippen LogP contribution in [0.1, 0.15) is 22.3 Å². The third-order valence-electron chi connectivity index (χ3n) is 6.83. The number of amides is 2. The summed E-state index contributed by atoms with van der Waals surface area (Å²) in [5, 5.41) is 3.53. The van der Waals surface area contributed by atoms with Gasteiger partial charge in [-0.2, -0.15) is 4.31 Å². The van der Waals surface area contributed by atoms with Gasteiger partial charge in [0.2, 0.25) is 21.8 Å². The van der Waals surface area contributed by atoms with E-state index in [0.29, 0.717) is 5.02 Å². The molecule has 0 aliphatic rings. The van der Waals surface area contributed by atoms with Crippen LogP contribution in [0.2, 0.25) is 5.02 Å². The van der Waals surface area contributed by atoms with E-state index in [-0.39, 0.29) is 32.0 Å². The average molecular weight is 604 g/mol. The van der Waals surface area contributed by atoms with Crippen LogP contribution >= 0.6 is 11.6 Å². The zero-order valence-corrected chi connectivity index (χ0v) is 25.0. The highest BCUT2D eigenvalue weighted by Gasteiger charge is 2.32. The molecule has 9 heteroatoms. The Kier molecular flexibility index (Phi) is 10.9. The van der Waals surface area contributed by atoms with Crippen LogP contribution in [0.3, 0.4) is 0 Å². The fraction of sp³-hybridized carbons (Fsp3) is 0.212. The SMILES string of the molecule is CS(=O)(=O)N(CC(=O)N(Cc1ccc(Cl)cc1)[C@@H](Cc1ccccc1)C(=O)NCc1ccccc1)Cc1ccccc1. The van der Waals surface area contributed by atoms with Crippen LogP contribution in [0.25, 0.3) is 0 Å². The van der Waals surface area contributed by atoms with Crippen molar-refractivity contribution in [2.24, 2.45) is 0 Å². The van der Waals surface area contributed by atoms with Crippen LogP contribution in [0, 0.1) is 0 Å². The van der Waals surface area contributed by atoms with E-state index in [9.17, 15) is 18.0 Å². The van der Waals surface area contributed by atoms with E-state index >= 15 is 0 Å². The lowest BCUT2D eigenvalue weighted by molar-refractivity contribution is -0.141. The molecule has 1 atom stereocenters. The van der Waals surface area contributed by atoms with Gasteiger partial charge >= 0.3 is 0 Å². The molecule has 0 heterocycles. The Morgan fingerprint density at radius 2 is 1.21 bits per heavy atom. The van der Waals surface area contributed by atoms with Crippen molar-refractivity contribution in [1.29, 1.82) is 0 Å². The van der Waals surface area contributed by atoms with E-state index in [2.05, 4.69) is 5.32 Å². The number of halogens is 1. The molecule has 0 aliphatic carbocycles. The molecule has 2 amide bonds. The fourth-order valence-corrected chi connectivity index (χ4v) is 5.42. The number of rotatable bonds is 13. The Morgan fingerprint density at radius 3 is 1.76 bits per heavy atom. The van der Waals surface area contributed by atoms with E-state index < -0.39 is 28.5 Å². The summed E-state index contributed by atoms with van der Waals surface area (Å²) in [5.41, 5.74) is 3.30. The van der Waals surface area contributed by atoms with Gasteiger partial charge in [0, 0.05) is 31.1 Å².